The maximum Gasteiger partial charge on any atom is 0.258 e. The van der Waals surface area contributed by atoms with Crippen molar-refractivity contribution in [1.29, 1.82) is 0 Å². The molecule has 7 heteroatoms. The van der Waals surface area contributed by atoms with Crippen LogP contribution >= 0.6 is 11.6 Å². The third-order valence-corrected chi connectivity index (χ3v) is 6.12. The third-order valence-electron chi connectivity index (χ3n) is 5.91. The average molecular weight is 442 g/mol. The SMILES string of the molecule is COc1cc(OC)cc(-c2cc3cnc(Cl)cc3n(CCCN3CCCCC3)c2=O)c1. The highest BCUT2D eigenvalue weighted by Crippen LogP contribution is 2.30. The molecule has 0 unspecified atom stereocenters. The lowest BCUT2D eigenvalue weighted by atomic mass is 10.0. The first-order valence-corrected chi connectivity index (χ1v) is 11.1. The van der Waals surface area contributed by atoms with Crippen molar-refractivity contribution in [3.8, 4) is 22.6 Å². The zero-order chi connectivity index (χ0) is 21.8. The van der Waals surface area contributed by atoms with Crippen molar-refractivity contribution in [3.05, 3.63) is 52.0 Å². The van der Waals surface area contributed by atoms with E-state index in [0.29, 0.717) is 28.8 Å². The highest BCUT2D eigenvalue weighted by atomic mass is 35.5. The summed E-state index contributed by atoms with van der Waals surface area (Å²) in [5.41, 5.74) is 2.10. The summed E-state index contributed by atoms with van der Waals surface area (Å²) in [7, 11) is 3.20. The van der Waals surface area contributed by atoms with Crippen LogP contribution in [0.5, 0.6) is 11.5 Å². The molecule has 164 valence electrons. The quantitative estimate of drug-likeness (QED) is 0.501. The molecule has 1 fully saturated rings. The van der Waals surface area contributed by atoms with Crippen LogP contribution in [0.4, 0.5) is 0 Å². The van der Waals surface area contributed by atoms with Gasteiger partial charge in [0.15, 0.2) is 0 Å². The number of rotatable bonds is 7. The van der Waals surface area contributed by atoms with Crippen molar-refractivity contribution in [2.75, 3.05) is 33.9 Å². The van der Waals surface area contributed by atoms with Gasteiger partial charge in [-0.3, -0.25) is 4.79 Å². The number of fused-ring (bicyclic) bond motifs is 1. The number of methoxy groups -OCH3 is 2. The minimum Gasteiger partial charge on any atom is -0.497 e. The van der Waals surface area contributed by atoms with Crippen molar-refractivity contribution in [2.45, 2.75) is 32.2 Å². The molecule has 0 spiro atoms. The Kier molecular flexibility index (Phi) is 6.78. The van der Waals surface area contributed by atoms with E-state index >= 15 is 0 Å². The molecule has 0 aliphatic carbocycles. The van der Waals surface area contributed by atoms with E-state index < -0.39 is 0 Å². The molecule has 6 nitrogen and oxygen atoms in total. The Morgan fingerprint density at radius 2 is 1.68 bits per heavy atom. The maximum absolute atomic E-state index is 13.6. The summed E-state index contributed by atoms with van der Waals surface area (Å²) >= 11 is 6.17. The number of pyridine rings is 2. The van der Waals surface area contributed by atoms with Crippen LogP contribution in [-0.4, -0.2) is 48.3 Å². The van der Waals surface area contributed by atoms with Crippen LogP contribution in [-0.2, 0) is 6.54 Å². The first-order chi connectivity index (χ1) is 15.1. The highest BCUT2D eigenvalue weighted by molar-refractivity contribution is 6.30. The van der Waals surface area contributed by atoms with Gasteiger partial charge in [0.1, 0.15) is 16.7 Å². The zero-order valence-electron chi connectivity index (χ0n) is 18.1. The smallest absolute Gasteiger partial charge is 0.258 e. The molecule has 0 saturated carbocycles. The van der Waals surface area contributed by atoms with Crippen molar-refractivity contribution < 1.29 is 9.47 Å². The van der Waals surface area contributed by atoms with E-state index in [1.807, 2.05) is 22.8 Å². The molecule has 0 amide bonds. The molecular formula is C24H28ClN3O3. The second kappa shape index (κ2) is 9.71. The van der Waals surface area contributed by atoms with E-state index in [1.54, 1.807) is 32.5 Å². The Labute approximate surface area is 187 Å². The summed E-state index contributed by atoms with van der Waals surface area (Å²) in [5.74, 6) is 1.28. The fourth-order valence-corrected chi connectivity index (χ4v) is 4.43. The Hall–Kier alpha value is -2.57. The minimum absolute atomic E-state index is 0.0521. The molecule has 0 atom stereocenters. The van der Waals surface area contributed by atoms with Crippen molar-refractivity contribution in [3.63, 3.8) is 0 Å². The highest BCUT2D eigenvalue weighted by Gasteiger charge is 2.15. The number of aryl methyl sites for hydroxylation is 1. The first-order valence-electron chi connectivity index (χ1n) is 10.7. The van der Waals surface area contributed by atoms with Gasteiger partial charge in [-0.1, -0.05) is 18.0 Å². The summed E-state index contributed by atoms with van der Waals surface area (Å²) in [5, 5.41) is 1.26. The van der Waals surface area contributed by atoms with E-state index in [-0.39, 0.29) is 5.56 Å². The summed E-state index contributed by atoms with van der Waals surface area (Å²) in [6.07, 6.45) is 6.46. The Morgan fingerprint density at radius 1 is 0.968 bits per heavy atom. The summed E-state index contributed by atoms with van der Waals surface area (Å²) in [6.45, 7) is 3.91. The zero-order valence-corrected chi connectivity index (χ0v) is 18.8. The van der Waals surface area contributed by atoms with Gasteiger partial charge in [0.25, 0.3) is 5.56 Å². The molecule has 4 rings (SSSR count). The molecule has 1 saturated heterocycles. The molecule has 1 aliphatic heterocycles. The van der Waals surface area contributed by atoms with Gasteiger partial charge < -0.3 is 18.9 Å². The molecule has 31 heavy (non-hydrogen) atoms. The Morgan fingerprint density at radius 3 is 2.35 bits per heavy atom. The molecule has 2 aromatic heterocycles. The van der Waals surface area contributed by atoms with Gasteiger partial charge in [0.2, 0.25) is 0 Å². The lowest BCUT2D eigenvalue weighted by Crippen LogP contribution is -2.32. The van der Waals surface area contributed by atoms with Crippen LogP contribution in [0, 0.1) is 0 Å². The van der Waals surface area contributed by atoms with Gasteiger partial charge in [-0.15, -0.1) is 0 Å². The van der Waals surface area contributed by atoms with E-state index in [0.717, 1.165) is 42.5 Å². The van der Waals surface area contributed by atoms with Crippen molar-refractivity contribution in [2.24, 2.45) is 0 Å². The molecular weight excluding hydrogens is 414 g/mol. The number of hydrogen-bond acceptors (Lipinski definition) is 5. The van der Waals surface area contributed by atoms with Crippen LogP contribution < -0.4 is 15.0 Å². The first kappa shape index (κ1) is 21.7. The van der Waals surface area contributed by atoms with Gasteiger partial charge in [-0.25, -0.2) is 4.98 Å². The lowest BCUT2D eigenvalue weighted by Gasteiger charge is -2.26. The molecule has 0 bridgehead atoms. The number of benzene rings is 1. The Balaban J connectivity index is 1.74. The predicted octanol–water partition coefficient (Wildman–Crippen LogP) is 4.61. The van der Waals surface area contributed by atoms with Crippen molar-refractivity contribution in [1.82, 2.24) is 14.5 Å². The fraction of sp³-hybridized carbons (Fsp3) is 0.417. The van der Waals surface area contributed by atoms with Gasteiger partial charge in [0, 0.05) is 29.8 Å². The molecule has 3 heterocycles. The minimum atomic E-state index is -0.0521. The monoisotopic (exact) mass is 441 g/mol. The van der Waals surface area contributed by atoms with Crippen LogP contribution in [0.25, 0.3) is 22.0 Å². The largest absolute Gasteiger partial charge is 0.497 e. The molecule has 1 aliphatic rings. The predicted molar refractivity (Wildman–Crippen MR) is 124 cm³/mol. The average Bonchev–Trinajstić information content (AvgIpc) is 2.80. The number of nitrogens with zero attached hydrogens (tertiary/aromatic N) is 3. The van der Waals surface area contributed by atoms with Gasteiger partial charge >= 0.3 is 0 Å². The standard InChI is InChI=1S/C24H28ClN3O3/c1-30-19-11-17(12-20(14-19)31-2)21-13-18-16-26-23(25)15-22(18)28(24(21)29)10-6-9-27-7-4-3-5-8-27/h11-16H,3-10H2,1-2H3. The number of halogens is 1. The third kappa shape index (κ3) is 4.86. The molecule has 1 aromatic carbocycles. The molecule has 0 radical (unpaired) electrons. The van der Waals surface area contributed by atoms with Crippen LogP contribution in [0.3, 0.4) is 0 Å². The van der Waals surface area contributed by atoms with E-state index in [9.17, 15) is 4.79 Å². The molecule has 3 aromatic rings. The fourth-order valence-electron chi connectivity index (χ4n) is 4.27. The van der Waals surface area contributed by atoms with Gasteiger partial charge in [-0.2, -0.15) is 0 Å². The number of aromatic nitrogens is 2. The van der Waals surface area contributed by atoms with E-state index in [4.69, 9.17) is 21.1 Å². The van der Waals surface area contributed by atoms with E-state index in [2.05, 4.69) is 9.88 Å². The second-order valence-corrected chi connectivity index (χ2v) is 8.33. The van der Waals surface area contributed by atoms with Crippen LogP contribution in [0.2, 0.25) is 5.15 Å². The van der Waals surface area contributed by atoms with E-state index in [1.165, 1.54) is 19.3 Å². The summed E-state index contributed by atoms with van der Waals surface area (Å²) < 4.78 is 12.6. The normalized spacial score (nSPS) is 14.7. The summed E-state index contributed by atoms with van der Waals surface area (Å²) in [6, 6.07) is 9.15. The van der Waals surface area contributed by atoms with Crippen LogP contribution in [0.1, 0.15) is 25.7 Å². The van der Waals surface area contributed by atoms with Gasteiger partial charge in [0.05, 0.1) is 19.7 Å². The van der Waals surface area contributed by atoms with Crippen LogP contribution in [0.15, 0.2) is 41.3 Å². The van der Waals surface area contributed by atoms with Crippen molar-refractivity contribution >= 4 is 22.5 Å². The second-order valence-electron chi connectivity index (χ2n) is 7.94. The lowest BCUT2D eigenvalue weighted by molar-refractivity contribution is 0.223. The Bertz CT molecular complexity index is 1100. The topological polar surface area (TPSA) is 56.6 Å². The summed E-state index contributed by atoms with van der Waals surface area (Å²) in [4.78, 5) is 20.3. The maximum atomic E-state index is 13.6. The number of hydrogen-bond donors (Lipinski definition) is 0. The molecule has 0 N–H and O–H groups in total. The number of likely N-dealkylation sites (tertiary alicyclic amines) is 1. The van der Waals surface area contributed by atoms with Gasteiger partial charge in [-0.05, 0) is 68.7 Å². The number of ether oxygens (including phenoxy) is 2. The number of piperidine rings is 1.